The van der Waals surface area contributed by atoms with Crippen molar-refractivity contribution in [2.75, 3.05) is 19.8 Å². The maximum absolute atomic E-state index is 17.3. The lowest BCUT2D eigenvalue weighted by Gasteiger charge is -2.62. The number of rotatable bonds is 13. The zero-order valence-electron chi connectivity index (χ0n) is 28.5. The minimum Gasteiger partial charge on any atom is -0.480 e. The molecular formula is C35H41FN2O14. The van der Waals surface area contributed by atoms with Crippen LogP contribution in [-0.4, -0.2) is 104 Å². The largest absolute Gasteiger partial charge is 0.480 e. The zero-order valence-corrected chi connectivity index (χ0v) is 28.5. The van der Waals surface area contributed by atoms with E-state index in [0.717, 1.165) is 0 Å². The van der Waals surface area contributed by atoms with Gasteiger partial charge < -0.3 is 40.1 Å². The highest BCUT2D eigenvalue weighted by atomic mass is 19.1. The number of fused-ring (bicyclic) bond motifs is 5. The molecule has 52 heavy (non-hydrogen) atoms. The molecule has 9 atom stereocenters. The van der Waals surface area contributed by atoms with Crippen molar-refractivity contribution in [3.05, 3.63) is 69.3 Å². The number of carbonyl (C=O) groups excluding carboxylic acids is 4. The van der Waals surface area contributed by atoms with Crippen LogP contribution in [0.3, 0.4) is 0 Å². The molecule has 0 aromatic heterocycles. The second-order valence-corrected chi connectivity index (χ2v) is 14.3. The van der Waals surface area contributed by atoms with Crippen molar-refractivity contribution >= 4 is 29.6 Å². The number of hydrogen-bond donors (Lipinski definition) is 5. The number of Topliss-reactive ketones (excluding diaryl/α,β-unsaturated/α-hetero) is 1. The van der Waals surface area contributed by atoms with E-state index in [2.05, 4.69) is 4.84 Å². The fourth-order valence-corrected chi connectivity index (χ4v) is 8.84. The van der Waals surface area contributed by atoms with Gasteiger partial charge in [0.05, 0.1) is 24.4 Å². The average molecular weight is 733 g/mol. The number of hydrogen-bond acceptors (Lipinski definition) is 13. The summed E-state index contributed by atoms with van der Waals surface area (Å²) in [6, 6.07) is 4.21. The van der Waals surface area contributed by atoms with Crippen LogP contribution < -0.4 is 5.32 Å². The van der Waals surface area contributed by atoms with Crippen molar-refractivity contribution < 1.29 is 68.2 Å². The quantitative estimate of drug-likeness (QED) is 0.0840. The molecule has 0 aliphatic heterocycles. The molecular weight excluding hydrogens is 691 g/mol. The van der Waals surface area contributed by atoms with Crippen LogP contribution in [0.5, 0.6) is 0 Å². The summed E-state index contributed by atoms with van der Waals surface area (Å²) in [5, 5.41) is 55.3. The number of carbonyl (C=O) groups is 5. The maximum atomic E-state index is 17.3. The van der Waals surface area contributed by atoms with E-state index in [-0.39, 0.29) is 37.2 Å². The number of aliphatic hydroxyl groups is 3. The number of aliphatic hydroxyl groups excluding tert-OH is 2. The molecule has 1 aromatic carbocycles. The van der Waals surface area contributed by atoms with E-state index in [4.69, 9.17) is 9.47 Å². The number of allylic oxidation sites excluding steroid dienone is 4. The Morgan fingerprint density at radius 1 is 1.13 bits per heavy atom. The van der Waals surface area contributed by atoms with Crippen molar-refractivity contribution in [3.8, 4) is 0 Å². The molecule has 5 rings (SSSR count). The number of esters is 1. The number of aryl methyl sites for hydroxylation is 1. The first kappa shape index (κ1) is 38.5. The van der Waals surface area contributed by atoms with Gasteiger partial charge in [-0.25, -0.2) is 18.8 Å². The Kier molecular flexibility index (Phi) is 10.6. The lowest BCUT2D eigenvalue weighted by atomic mass is 9.44. The van der Waals surface area contributed by atoms with E-state index in [1.165, 1.54) is 43.4 Å². The molecule has 4 aliphatic carbocycles. The fourth-order valence-electron chi connectivity index (χ4n) is 8.84. The number of halogens is 1. The third kappa shape index (κ3) is 6.56. The predicted molar refractivity (Wildman–Crippen MR) is 174 cm³/mol. The minimum absolute atomic E-state index is 0.0440. The standard InChI is InChI=1S/C35H41FN2O14/c1-32-11-10-22(39)14-21(32)8-9-23-24-15-26(40)35(47,33(24,2)16-27(41)34(23,32)36)28(42)18-51-31(46)37-25(29(43)44)17-50-30(45)20-7-3-5-19(13-20)6-4-12-52-38(48)49/h3,5,7,10-11,13-14,23-27,40-41,47H,4,6,8-9,12,15-18H2,1-2H3,(H,37,46)(H,43,44)/t23-,24-,25?,26+,27-,32-,33-,34-,35-/m0/s1. The first-order valence-electron chi connectivity index (χ1n) is 16.8. The Morgan fingerprint density at radius 3 is 2.56 bits per heavy atom. The minimum atomic E-state index is -2.58. The van der Waals surface area contributed by atoms with Crippen molar-refractivity contribution in [3.63, 3.8) is 0 Å². The molecule has 0 radical (unpaired) electrons. The van der Waals surface area contributed by atoms with Gasteiger partial charge in [0.1, 0.15) is 6.61 Å². The summed E-state index contributed by atoms with van der Waals surface area (Å²) >= 11 is 0. The second kappa shape index (κ2) is 14.4. The summed E-state index contributed by atoms with van der Waals surface area (Å²) in [5.41, 5.74) is -6.55. The summed E-state index contributed by atoms with van der Waals surface area (Å²) in [6.07, 6.45) is -0.294. The fraction of sp³-hybridized carbons (Fsp3) is 0.571. The number of ether oxygens (including phenoxy) is 2. The first-order chi connectivity index (χ1) is 24.4. The highest BCUT2D eigenvalue weighted by molar-refractivity contribution is 6.01. The van der Waals surface area contributed by atoms with Crippen molar-refractivity contribution in [1.29, 1.82) is 0 Å². The Labute approximate surface area is 296 Å². The van der Waals surface area contributed by atoms with Crippen LogP contribution in [0, 0.1) is 32.8 Å². The molecule has 4 aliphatic rings. The van der Waals surface area contributed by atoms with Crippen LogP contribution in [0.15, 0.2) is 48.1 Å². The van der Waals surface area contributed by atoms with Gasteiger partial charge in [-0.05, 0) is 81.2 Å². The van der Waals surface area contributed by atoms with Gasteiger partial charge in [0.15, 0.2) is 29.7 Å². The van der Waals surface area contributed by atoms with Crippen molar-refractivity contribution in [2.45, 2.75) is 81.9 Å². The smallest absolute Gasteiger partial charge is 0.408 e. The van der Waals surface area contributed by atoms with E-state index < -0.39 is 101 Å². The number of alkyl halides is 1. The number of nitrogens with zero attached hydrogens (tertiary/aromatic N) is 1. The summed E-state index contributed by atoms with van der Waals surface area (Å²) in [6.45, 7) is 0.951. The molecule has 16 nitrogen and oxygen atoms in total. The van der Waals surface area contributed by atoms with Crippen LogP contribution in [0.2, 0.25) is 0 Å². The Morgan fingerprint density at radius 2 is 1.87 bits per heavy atom. The molecule has 1 aromatic rings. The predicted octanol–water partition coefficient (Wildman–Crippen LogP) is 1.81. The lowest BCUT2D eigenvalue weighted by molar-refractivity contribution is -0.757. The van der Waals surface area contributed by atoms with Crippen LogP contribution in [0.1, 0.15) is 61.9 Å². The normalized spacial score (nSPS) is 33.7. The maximum Gasteiger partial charge on any atom is 0.408 e. The van der Waals surface area contributed by atoms with Crippen LogP contribution in [0.4, 0.5) is 9.18 Å². The van der Waals surface area contributed by atoms with Gasteiger partial charge in [-0.1, -0.05) is 30.7 Å². The van der Waals surface area contributed by atoms with E-state index in [1.807, 2.05) is 5.32 Å². The summed E-state index contributed by atoms with van der Waals surface area (Å²) in [4.78, 5) is 77.2. The summed E-state index contributed by atoms with van der Waals surface area (Å²) < 4.78 is 27.3. The van der Waals surface area contributed by atoms with E-state index in [0.29, 0.717) is 24.0 Å². The molecule has 1 amide bonds. The molecule has 3 saturated carbocycles. The number of aliphatic carboxylic acids is 1. The number of alkyl carbamates (subject to hydrolysis) is 1. The van der Waals surface area contributed by atoms with Gasteiger partial charge in [0, 0.05) is 16.7 Å². The number of ketones is 2. The third-order valence-electron chi connectivity index (χ3n) is 11.6. The molecule has 0 saturated heterocycles. The number of carboxylic acid groups (broad SMARTS) is 1. The molecule has 3 fully saturated rings. The molecule has 0 spiro atoms. The zero-order chi connectivity index (χ0) is 38.2. The van der Waals surface area contributed by atoms with Gasteiger partial charge in [-0.15, -0.1) is 10.1 Å². The Hall–Kier alpha value is -4.74. The Balaban J connectivity index is 1.20. The van der Waals surface area contributed by atoms with Gasteiger partial charge in [-0.3, -0.25) is 9.59 Å². The van der Waals surface area contributed by atoms with E-state index >= 15 is 4.39 Å². The number of amides is 1. The second-order valence-electron chi connectivity index (χ2n) is 14.3. The third-order valence-corrected chi connectivity index (χ3v) is 11.6. The van der Waals surface area contributed by atoms with Gasteiger partial charge in [-0.2, -0.15) is 0 Å². The summed E-state index contributed by atoms with van der Waals surface area (Å²) in [7, 11) is 0. The summed E-state index contributed by atoms with van der Waals surface area (Å²) in [5.74, 6) is -5.69. The highest BCUT2D eigenvalue weighted by Crippen LogP contribution is 2.69. The lowest BCUT2D eigenvalue weighted by Crippen LogP contribution is -2.69. The van der Waals surface area contributed by atoms with Gasteiger partial charge in [0.25, 0.3) is 5.09 Å². The van der Waals surface area contributed by atoms with E-state index in [1.54, 1.807) is 13.0 Å². The highest BCUT2D eigenvalue weighted by Gasteiger charge is 2.76. The van der Waals surface area contributed by atoms with Crippen LogP contribution in [-0.2, 0) is 35.1 Å². The van der Waals surface area contributed by atoms with Gasteiger partial charge in [0.2, 0.25) is 5.78 Å². The molecule has 282 valence electrons. The average Bonchev–Trinajstić information content (AvgIpc) is 3.29. The van der Waals surface area contributed by atoms with Gasteiger partial charge >= 0.3 is 18.0 Å². The molecule has 0 heterocycles. The molecule has 0 bridgehead atoms. The topological polar surface area (TPSA) is 249 Å². The molecule has 1 unspecified atom stereocenters. The first-order valence-corrected chi connectivity index (χ1v) is 16.8. The van der Waals surface area contributed by atoms with Crippen LogP contribution >= 0.6 is 0 Å². The number of benzene rings is 1. The SMILES string of the molecule is C[C@]12C=CC(=O)C=C1CC[C@H]1[C@@H]3C[C@@H](O)[C@](O)(C(=O)COC(=O)NC(COC(=O)c4cccc(CCCO[N+](=O)[O-])c4)C(=O)O)[C@@]3(C)C[C@H](O)[C@@]12F. The van der Waals surface area contributed by atoms with Crippen molar-refractivity contribution in [2.24, 2.45) is 22.7 Å². The van der Waals surface area contributed by atoms with E-state index in [9.17, 15) is 54.5 Å². The van der Waals surface area contributed by atoms with Crippen LogP contribution in [0.25, 0.3) is 0 Å². The van der Waals surface area contributed by atoms with Crippen molar-refractivity contribution in [1.82, 2.24) is 5.32 Å². The molecule has 17 heteroatoms. The number of nitrogens with one attached hydrogen (secondary N) is 1. The monoisotopic (exact) mass is 732 g/mol. The number of carboxylic acids is 1. The molecule has 5 N–H and O–H groups in total. The Bertz CT molecular complexity index is 1720.